The number of H-pyrrole nitrogens is 1. The summed E-state index contributed by atoms with van der Waals surface area (Å²) >= 11 is 0. The summed E-state index contributed by atoms with van der Waals surface area (Å²) in [7, 11) is 0. The van der Waals surface area contributed by atoms with Crippen LogP contribution in [0.2, 0.25) is 0 Å². The van der Waals surface area contributed by atoms with E-state index in [-0.39, 0.29) is 17.3 Å². The third-order valence-corrected chi connectivity index (χ3v) is 2.29. The molecule has 1 unspecified atom stereocenters. The number of aliphatic carboxylic acids is 1. The van der Waals surface area contributed by atoms with Gasteiger partial charge in [0, 0.05) is 0 Å². The average molecular weight is 255 g/mol. The molecule has 0 aliphatic heterocycles. The highest BCUT2D eigenvalue weighted by Crippen LogP contribution is 2.06. The summed E-state index contributed by atoms with van der Waals surface area (Å²) in [6.07, 6.45) is 1.06. The van der Waals surface area contributed by atoms with Gasteiger partial charge in [0.2, 0.25) is 0 Å². The van der Waals surface area contributed by atoms with Gasteiger partial charge in [-0.2, -0.15) is 0 Å². The zero-order valence-corrected chi connectivity index (χ0v) is 9.80. The number of aromatic amines is 1. The van der Waals surface area contributed by atoms with Crippen LogP contribution < -0.4 is 5.32 Å². The van der Waals surface area contributed by atoms with Crippen molar-refractivity contribution in [3.8, 4) is 0 Å². The van der Waals surface area contributed by atoms with Gasteiger partial charge in [-0.25, -0.2) is 14.6 Å². The molecule has 1 heterocycles. The van der Waals surface area contributed by atoms with Gasteiger partial charge in [-0.3, -0.25) is 4.79 Å². The number of imidazole rings is 1. The lowest BCUT2D eigenvalue weighted by Gasteiger charge is -2.17. The molecular formula is C10H13N3O5. The summed E-state index contributed by atoms with van der Waals surface area (Å²) < 4.78 is 0. The van der Waals surface area contributed by atoms with Crippen LogP contribution in [0.15, 0.2) is 6.33 Å². The highest BCUT2D eigenvalue weighted by molar-refractivity contribution is 6.03. The summed E-state index contributed by atoms with van der Waals surface area (Å²) in [4.78, 5) is 39.3. The second-order valence-electron chi connectivity index (χ2n) is 3.96. The fourth-order valence-electron chi connectivity index (χ4n) is 1.35. The second kappa shape index (κ2) is 5.30. The molecule has 4 N–H and O–H groups in total. The minimum atomic E-state index is -1.34. The predicted octanol–water partition coefficient (Wildman–Crippen LogP) is -0.0531. The monoisotopic (exact) mass is 255 g/mol. The van der Waals surface area contributed by atoms with Crippen LogP contribution in [0.25, 0.3) is 0 Å². The van der Waals surface area contributed by atoms with E-state index in [1.807, 2.05) is 0 Å². The first-order valence-corrected chi connectivity index (χ1v) is 5.15. The number of amides is 1. The quantitative estimate of drug-likeness (QED) is 0.583. The largest absolute Gasteiger partial charge is 0.480 e. The molecule has 1 aromatic heterocycles. The van der Waals surface area contributed by atoms with Crippen molar-refractivity contribution in [2.75, 3.05) is 0 Å². The molecule has 8 heteroatoms. The molecule has 0 aliphatic rings. The number of hydrogen-bond donors (Lipinski definition) is 4. The molecule has 0 aliphatic carbocycles. The van der Waals surface area contributed by atoms with E-state index in [0.29, 0.717) is 0 Å². The first-order chi connectivity index (χ1) is 8.34. The number of carboxylic acid groups (broad SMARTS) is 2. The molecule has 8 nitrogen and oxygen atoms in total. The number of aromatic carboxylic acids is 1. The maximum absolute atomic E-state index is 11.7. The Morgan fingerprint density at radius 2 is 1.94 bits per heavy atom. The van der Waals surface area contributed by atoms with Crippen molar-refractivity contribution < 1.29 is 24.6 Å². The fourth-order valence-corrected chi connectivity index (χ4v) is 1.35. The van der Waals surface area contributed by atoms with Gasteiger partial charge in [-0.1, -0.05) is 13.8 Å². The van der Waals surface area contributed by atoms with Crippen LogP contribution in [0.5, 0.6) is 0 Å². The van der Waals surface area contributed by atoms with E-state index in [1.54, 1.807) is 13.8 Å². The average Bonchev–Trinajstić information content (AvgIpc) is 2.73. The Hall–Kier alpha value is -2.38. The van der Waals surface area contributed by atoms with E-state index < -0.39 is 23.9 Å². The van der Waals surface area contributed by atoms with Gasteiger partial charge >= 0.3 is 11.9 Å². The van der Waals surface area contributed by atoms with E-state index >= 15 is 0 Å². The molecule has 1 rings (SSSR count). The third-order valence-electron chi connectivity index (χ3n) is 2.29. The Morgan fingerprint density at radius 1 is 1.33 bits per heavy atom. The standard InChI is InChI=1S/C10H13N3O5/c1-4(2)5(9(15)16)13-8(14)6-7(10(17)18)12-3-11-6/h3-5H,1-2H3,(H,11,12)(H,13,14)(H,15,16)(H,17,18). The van der Waals surface area contributed by atoms with E-state index in [2.05, 4.69) is 15.3 Å². The normalized spacial score (nSPS) is 12.2. The maximum atomic E-state index is 11.7. The lowest BCUT2D eigenvalue weighted by Crippen LogP contribution is -2.44. The second-order valence-corrected chi connectivity index (χ2v) is 3.96. The van der Waals surface area contributed by atoms with Gasteiger partial charge in [-0.05, 0) is 5.92 Å². The predicted molar refractivity (Wildman–Crippen MR) is 59.3 cm³/mol. The van der Waals surface area contributed by atoms with Crippen LogP contribution in [0.1, 0.15) is 34.8 Å². The molecule has 0 bridgehead atoms. The number of hydrogen-bond acceptors (Lipinski definition) is 4. The Morgan fingerprint density at radius 3 is 2.39 bits per heavy atom. The molecule has 1 atom stereocenters. The topological polar surface area (TPSA) is 132 Å². The molecule has 0 fully saturated rings. The Bertz CT molecular complexity index is 480. The van der Waals surface area contributed by atoms with Crippen LogP contribution >= 0.6 is 0 Å². The molecule has 1 amide bonds. The van der Waals surface area contributed by atoms with Crippen molar-refractivity contribution in [2.45, 2.75) is 19.9 Å². The molecular weight excluding hydrogens is 242 g/mol. The van der Waals surface area contributed by atoms with Crippen LogP contribution in [0, 0.1) is 5.92 Å². The summed E-state index contributed by atoms with van der Waals surface area (Å²) in [6, 6.07) is -1.10. The first-order valence-electron chi connectivity index (χ1n) is 5.15. The van der Waals surface area contributed by atoms with Crippen molar-refractivity contribution >= 4 is 17.8 Å². The highest BCUT2D eigenvalue weighted by Gasteiger charge is 2.27. The number of aromatic nitrogens is 2. The third kappa shape index (κ3) is 2.84. The van der Waals surface area contributed by atoms with Gasteiger partial charge in [0.15, 0.2) is 11.4 Å². The first kappa shape index (κ1) is 13.7. The lowest BCUT2D eigenvalue weighted by molar-refractivity contribution is -0.140. The van der Waals surface area contributed by atoms with Gasteiger partial charge in [-0.15, -0.1) is 0 Å². The molecule has 0 radical (unpaired) electrons. The number of nitrogens with zero attached hydrogens (tertiary/aromatic N) is 1. The molecule has 0 aromatic carbocycles. The Kier molecular flexibility index (Phi) is 4.03. The van der Waals surface area contributed by atoms with Crippen molar-refractivity contribution in [1.82, 2.24) is 15.3 Å². The van der Waals surface area contributed by atoms with Crippen LogP contribution in [-0.2, 0) is 4.79 Å². The Labute approximate surface area is 102 Å². The van der Waals surface area contributed by atoms with Crippen molar-refractivity contribution in [3.05, 3.63) is 17.7 Å². The number of carbonyl (C=O) groups is 3. The number of carboxylic acids is 2. The smallest absolute Gasteiger partial charge is 0.354 e. The summed E-state index contributed by atoms with van der Waals surface area (Å²) in [5, 5.41) is 19.9. The lowest BCUT2D eigenvalue weighted by atomic mass is 10.0. The van der Waals surface area contributed by atoms with Crippen LogP contribution in [-0.4, -0.2) is 44.1 Å². The van der Waals surface area contributed by atoms with Gasteiger partial charge in [0.25, 0.3) is 5.91 Å². The van der Waals surface area contributed by atoms with Crippen LogP contribution in [0.3, 0.4) is 0 Å². The minimum Gasteiger partial charge on any atom is -0.480 e. The fraction of sp³-hybridized carbons (Fsp3) is 0.400. The summed E-state index contributed by atoms with van der Waals surface area (Å²) in [6.45, 7) is 3.25. The molecule has 0 saturated carbocycles. The molecule has 98 valence electrons. The molecule has 0 spiro atoms. The number of carbonyl (C=O) groups excluding carboxylic acids is 1. The van der Waals surface area contributed by atoms with E-state index in [1.165, 1.54) is 0 Å². The van der Waals surface area contributed by atoms with Crippen LogP contribution in [0.4, 0.5) is 0 Å². The zero-order valence-electron chi connectivity index (χ0n) is 9.80. The highest BCUT2D eigenvalue weighted by atomic mass is 16.4. The molecule has 1 aromatic rings. The number of nitrogens with one attached hydrogen (secondary N) is 2. The minimum absolute atomic E-state index is 0.335. The maximum Gasteiger partial charge on any atom is 0.354 e. The SMILES string of the molecule is CC(C)C(NC(=O)c1nc[nH]c1C(=O)O)C(=O)O. The van der Waals surface area contributed by atoms with E-state index in [9.17, 15) is 14.4 Å². The zero-order chi connectivity index (χ0) is 13.9. The molecule has 18 heavy (non-hydrogen) atoms. The van der Waals surface area contributed by atoms with Crippen molar-refractivity contribution in [2.24, 2.45) is 5.92 Å². The Balaban J connectivity index is 2.91. The van der Waals surface area contributed by atoms with Gasteiger partial charge in [0.05, 0.1) is 6.33 Å². The summed E-state index contributed by atoms with van der Waals surface area (Å²) in [5.74, 6) is -3.70. The van der Waals surface area contributed by atoms with Crippen molar-refractivity contribution in [1.29, 1.82) is 0 Å². The van der Waals surface area contributed by atoms with E-state index in [4.69, 9.17) is 10.2 Å². The van der Waals surface area contributed by atoms with E-state index in [0.717, 1.165) is 6.33 Å². The van der Waals surface area contributed by atoms with Crippen molar-refractivity contribution in [3.63, 3.8) is 0 Å². The molecule has 0 saturated heterocycles. The van der Waals surface area contributed by atoms with Gasteiger partial charge < -0.3 is 20.5 Å². The van der Waals surface area contributed by atoms with Gasteiger partial charge in [0.1, 0.15) is 6.04 Å². The number of rotatable bonds is 5. The summed E-state index contributed by atoms with van der Waals surface area (Å²) in [5.41, 5.74) is -0.713.